The Kier molecular flexibility index (Phi) is 5.71. The van der Waals surface area contributed by atoms with Gasteiger partial charge in [-0.25, -0.2) is 0 Å². The zero-order chi connectivity index (χ0) is 17.8. The molecule has 0 bridgehead atoms. The molecule has 2 amide bonds. The first-order valence-electron chi connectivity index (χ1n) is 9.04. The molecule has 0 spiro atoms. The average Bonchev–Trinajstić information content (AvgIpc) is 2.93. The lowest BCUT2D eigenvalue weighted by atomic mass is 10.0. The second-order valence-electron chi connectivity index (χ2n) is 7.02. The number of hydrogen-bond acceptors (Lipinski definition) is 4. The molecule has 1 atom stereocenters. The van der Waals surface area contributed by atoms with E-state index in [9.17, 15) is 9.59 Å². The number of amides is 2. The van der Waals surface area contributed by atoms with E-state index in [0.717, 1.165) is 38.4 Å². The third kappa shape index (κ3) is 4.02. The molecule has 0 aromatic heterocycles. The number of benzene rings is 1. The molecule has 1 saturated heterocycles. The highest BCUT2D eigenvalue weighted by atomic mass is 16.5. The highest BCUT2D eigenvalue weighted by Crippen LogP contribution is 2.26. The molecule has 6 heteroatoms. The van der Waals surface area contributed by atoms with E-state index in [1.807, 2.05) is 38.1 Å². The van der Waals surface area contributed by atoms with Crippen molar-refractivity contribution in [3.63, 3.8) is 0 Å². The normalized spacial score (nSPS) is 19.2. The van der Waals surface area contributed by atoms with Crippen LogP contribution < -0.4 is 5.32 Å². The molecular formula is C19H27N3O3. The van der Waals surface area contributed by atoms with Crippen LogP contribution in [0.5, 0.6) is 0 Å². The minimum atomic E-state index is -0.440. The van der Waals surface area contributed by atoms with Crippen LogP contribution in [-0.4, -0.2) is 67.0 Å². The number of carbonyl (C=O) groups is 2. The molecule has 1 fully saturated rings. The fourth-order valence-electron chi connectivity index (χ4n) is 3.57. The molecule has 1 aromatic rings. The van der Waals surface area contributed by atoms with Gasteiger partial charge >= 0.3 is 0 Å². The lowest BCUT2D eigenvalue weighted by molar-refractivity contribution is -0.127. The van der Waals surface area contributed by atoms with Crippen molar-refractivity contribution in [1.82, 2.24) is 15.1 Å². The van der Waals surface area contributed by atoms with Gasteiger partial charge in [0.1, 0.15) is 6.04 Å². The molecule has 1 aromatic carbocycles. The summed E-state index contributed by atoms with van der Waals surface area (Å²) in [6.07, 6.45) is 0. The molecule has 3 rings (SSSR count). The van der Waals surface area contributed by atoms with Crippen LogP contribution in [0.2, 0.25) is 0 Å². The summed E-state index contributed by atoms with van der Waals surface area (Å²) in [5, 5.41) is 3.02. The monoisotopic (exact) mass is 345 g/mol. The van der Waals surface area contributed by atoms with Crippen LogP contribution in [0.1, 0.15) is 29.8 Å². The maximum absolute atomic E-state index is 12.8. The van der Waals surface area contributed by atoms with Crippen molar-refractivity contribution < 1.29 is 14.3 Å². The standard InChI is InChI=1S/C19H27N3O3/c1-14(2)17(18(23)20-7-8-21-9-11-25-12-10-21)22-13-15-5-3-4-6-16(15)19(22)24/h3-6,14,17H,7-13H2,1-2H3,(H,20,23)/t17-/m0/s1. The van der Waals surface area contributed by atoms with Gasteiger partial charge in [-0.05, 0) is 17.5 Å². The number of nitrogens with one attached hydrogen (secondary N) is 1. The van der Waals surface area contributed by atoms with E-state index in [-0.39, 0.29) is 17.7 Å². The summed E-state index contributed by atoms with van der Waals surface area (Å²) in [5.41, 5.74) is 1.72. The average molecular weight is 345 g/mol. The van der Waals surface area contributed by atoms with Gasteiger partial charge in [0.2, 0.25) is 5.91 Å². The molecule has 6 nitrogen and oxygen atoms in total. The second-order valence-corrected chi connectivity index (χ2v) is 7.02. The van der Waals surface area contributed by atoms with E-state index in [2.05, 4.69) is 10.2 Å². The summed E-state index contributed by atoms with van der Waals surface area (Å²) in [6.45, 7) is 9.21. The summed E-state index contributed by atoms with van der Waals surface area (Å²) >= 11 is 0. The van der Waals surface area contributed by atoms with Crippen molar-refractivity contribution in [2.75, 3.05) is 39.4 Å². The van der Waals surface area contributed by atoms with Crippen molar-refractivity contribution >= 4 is 11.8 Å². The van der Waals surface area contributed by atoms with E-state index in [1.165, 1.54) is 0 Å². The predicted octanol–water partition coefficient (Wildman–Crippen LogP) is 1.12. The Morgan fingerprint density at radius 2 is 1.96 bits per heavy atom. The third-order valence-corrected chi connectivity index (χ3v) is 4.92. The van der Waals surface area contributed by atoms with E-state index < -0.39 is 6.04 Å². The molecule has 2 heterocycles. The van der Waals surface area contributed by atoms with Crippen LogP contribution in [0.3, 0.4) is 0 Å². The Balaban J connectivity index is 1.59. The summed E-state index contributed by atoms with van der Waals surface area (Å²) in [7, 11) is 0. The lowest BCUT2D eigenvalue weighted by Gasteiger charge is -2.31. The van der Waals surface area contributed by atoms with Crippen LogP contribution in [-0.2, 0) is 16.1 Å². The van der Waals surface area contributed by atoms with Gasteiger partial charge < -0.3 is 15.0 Å². The van der Waals surface area contributed by atoms with Crippen molar-refractivity contribution in [1.29, 1.82) is 0 Å². The number of ether oxygens (including phenoxy) is 1. The first-order valence-corrected chi connectivity index (χ1v) is 9.04. The molecule has 2 aliphatic heterocycles. The van der Waals surface area contributed by atoms with Gasteiger partial charge in [0.25, 0.3) is 5.91 Å². The minimum Gasteiger partial charge on any atom is -0.379 e. The maximum atomic E-state index is 12.8. The van der Waals surface area contributed by atoms with Gasteiger partial charge in [-0.15, -0.1) is 0 Å². The summed E-state index contributed by atoms with van der Waals surface area (Å²) in [6, 6.07) is 7.16. The van der Waals surface area contributed by atoms with E-state index in [4.69, 9.17) is 4.74 Å². The maximum Gasteiger partial charge on any atom is 0.255 e. The van der Waals surface area contributed by atoms with E-state index in [0.29, 0.717) is 18.7 Å². The number of hydrogen-bond donors (Lipinski definition) is 1. The van der Waals surface area contributed by atoms with Gasteiger partial charge in [-0.3, -0.25) is 14.5 Å². The lowest BCUT2D eigenvalue weighted by Crippen LogP contribution is -2.51. The smallest absolute Gasteiger partial charge is 0.255 e. The zero-order valence-electron chi connectivity index (χ0n) is 15.0. The highest BCUT2D eigenvalue weighted by Gasteiger charge is 2.37. The van der Waals surface area contributed by atoms with Gasteiger partial charge in [0.15, 0.2) is 0 Å². The molecule has 0 radical (unpaired) electrons. The first kappa shape index (κ1) is 17.9. The number of nitrogens with zero attached hydrogens (tertiary/aromatic N) is 2. The molecule has 1 N–H and O–H groups in total. The third-order valence-electron chi connectivity index (χ3n) is 4.92. The fourth-order valence-corrected chi connectivity index (χ4v) is 3.57. The van der Waals surface area contributed by atoms with Crippen LogP contribution in [0, 0.1) is 5.92 Å². The van der Waals surface area contributed by atoms with Gasteiger partial charge in [-0.1, -0.05) is 32.0 Å². The molecule has 2 aliphatic rings. The number of morpholine rings is 1. The fraction of sp³-hybridized carbons (Fsp3) is 0.579. The van der Waals surface area contributed by atoms with Gasteiger partial charge in [0, 0.05) is 38.3 Å². The molecule has 0 aliphatic carbocycles. The van der Waals surface area contributed by atoms with Crippen LogP contribution >= 0.6 is 0 Å². The second kappa shape index (κ2) is 7.97. The molecule has 136 valence electrons. The Morgan fingerprint density at radius 1 is 1.24 bits per heavy atom. The van der Waals surface area contributed by atoms with Crippen LogP contribution in [0.25, 0.3) is 0 Å². The van der Waals surface area contributed by atoms with Crippen molar-refractivity contribution in [2.24, 2.45) is 5.92 Å². The SMILES string of the molecule is CC(C)[C@@H](C(=O)NCCN1CCOCC1)N1Cc2ccccc2C1=O. The molecule has 0 unspecified atom stereocenters. The minimum absolute atomic E-state index is 0.0439. The highest BCUT2D eigenvalue weighted by molar-refractivity contribution is 6.01. The van der Waals surface area contributed by atoms with Gasteiger partial charge in [-0.2, -0.15) is 0 Å². The van der Waals surface area contributed by atoms with Crippen molar-refractivity contribution in [2.45, 2.75) is 26.4 Å². The Morgan fingerprint density at radius 3 is 2.64 bits per heavy atom. The quantitative estimate of drug-likeness (QED) is 0.839. The molecular weight excluding hydrogens is 318 g/mol. The van der Waals surface area contributed by atoms with E-state index >= 15 is 0 Å². The predicted molar refractivity (Wildman–Crippen MR) is 95.2 cm³/mol. The summed E-state index contributed by atoms with van der Waals surface area (Å²) in [5.74, 6) is -0.0521. The Bertz CT molecular complexity index is 626. The topological polar surface area (TPSA) is 61.9 Å². The molecule has 0 saturated carbocycles. The number of rotatable bonds is 6. The van der Waals surface area contributed by atoms with Crippen molar-refractivity contribution in [3.8, 4) is 0 Å². The van der Waals surface area contributed by atoms with E-state index in [1.54, 1.807) is 4.90 Å². The Hall–Kier alpha value is -1.92. The molecule has 25 heavy (non-hydrogen) atoms. The van der Waals surface area contributed by atoms with Crippen LogP contribution in [0.4, 0.5) is 0 Å². The number of fused-ring (bicyclic) bond motifs is 1. The first-order chi connectivity index (χ1) is 12.1. The van der Waals surface area contributed by atoms with Gasteiger partial charge in [0.05, 0.1) is 13.2 Å². The zero-order valence-corrected chi connectivity index (χ0v) is 15.0. The summed E-state index contributed by atoms with van der Waals surface area (Å²) < 4.78 is 5.33. The number of carbonyl (C=O) groups excluding carboxylic acids is 2. The van der Waals surface area contributed by atoms with Crippen molar-refractivity contribution in [3.05, 3.63) is 35.4 Å². The largest absolute Gasteiger partial charge is 0.379 e. The summed E-state index contributed by atoms with van der Waals surface area (Å²) in [4.78, 5) is 29.4. The van der Waals surface area contributed by atoms with Crippen LogP contribution in [0.15, 0.2) is 24.3 Å². The Labute approximate surface area is 149 Å².